The zero-order chi connectivity index (χ0) is 17.8. The summed E-state index contributed by atoms with van der Waals surface area (Å²) < 4.78 is 10.9. The van der Waals surface area contributed by atoms with Crippen LogP contribution in [0, 0.1) is 0 Å². The Bertz CT molecular complexity index is 854. The summed E-state index contributed by atoms with van der Waals surface area (Å²) >= 11 is 5.13. The van der Waals surface area contributed by atoms with Crippen LogP contribution in [0.3, 0.4) is 0 Å². The summed E-state index contributed by atoms with van der Waals surface area (Å²) in [5.74, 6) is 0.103. The molecule has 4 N–H and O–H groups in total. The van der Waals surface area contributed by atoms with Crippen molar-refractivity contribution in [1.82, 2.24) is 5.32 Å². The Labute approximate surface area is 149 Å². The number of nitrogens with one attached hydrogen (secondary N) is 2. The van der Waals surface area contributed by atoms with E-state index in [4.69, 9.17) is 27.4 Å². The molecule has 3 rings (SSSR count). The van der Waals surface area contributed by atoms with Crippen molar-refractivity contribution in [3.8, 4) is 11.5 Å². The van der Waals surface area contributed by atoms with Gasteiger partial charge in [-0.25, -0.2) is 0 Å². The van der Waals surface area contributed by atoms with E-state index >= 15 is 0 Å². The van der Waals surface area contributed by atoms with Crippen LogP contribution in [0.5, 0.6) is 11.5 Å². The Hall–Kier alpha value is -3.13. The standard InChI is InChI=1S/C17H15N3O4S/c18-15(21)11-3-1-2-4-12(11)19-17(25)20-16(22)10-5-6-13-14(9-10)24-8-7-23-13/h1-6,9H,7-8H2,(H2,18,21)(H2,19,20,22,25). The first-order chi connectivity index (χ1) is 12.0. The molecule has 128 valence electrons. The van der Waals surface area contributed by atoms with Crippen LogP contribution in [0.2, 0.25) is 0 Å². The monoisotopic (exact) mass is 357 g/mol. The predicted octanol–water partition coefficient (Wildman–Crippen LogP) is 1.68. The highest BCUT2D eigenvalue weighted by molar-refractivity contribution is 7.80. The maximum absolute atomic E-state index is 12.3. The third-order valence-corrected chi connectivity index (χ3v) is 3.68. The molecule has 0 spiro atoms. The predicted molar refractivity (Wildman–Crippen MR) is 96.1 cm³/mol. The molecule has 1 heterocycles. The van der Waals surface area contributed by atoms with Crippen molar-refractivity contribution >= 4 is 34.8 Å². The number of hydrogen-bond acceptors (Lipinski definition) is 5. The van der Waals surface area contributed by atoms with E-state index in [-0.39, 0.29) is 10.7 Å². The van der Waals surface area contributed by atoms with Crippen molar-refractivity contribution in [3.05, 3.63) is 53.6 Å². The molecule has 0 aromatic heterocycles. The highest BCUT2D eigenvalue weighted by Gasteiger charge is 2.16. The number of carbonyl (C=O) groups excluding carboxylic acids is 2. The van der Waals surface area contributed by atoms with E-state index in [0.717, 1.165) is 0 Å². The average molecular weight is 357 g/mol. The van der Waals surface area contributed by atoms with Crippen LogP contribution in [-0.4, -0.2) is 30.1 Å². The lowest BCUT2D eigenvalue weighted by molar-refractivity contribution is 0.0974. The topological polar surface area (TPSA) is 103 Å². The molecule has 0 saturated carbocycles. The van der Waals surface area contributed by atoms with Crippen molar-refractivity contribution < 1.29 is 19.1 Å². The van der Waals surface area contributed by atoms with Gasteiger partial charge in [0.2, 0.25) is 0 Å². The molecule has 0 bridgehead atoms. The second kappa shape index (κ2) is 7.18. The van der Waals surface area contributed by atoms with Crippen molar-refractivity contribution in [1.29, 1.82) is 0 Å². The van der Waals surface area contributed by atoms with Crippen molar-refractivity contribution in [2.75, 3.05) is 18.5 Å². The molecule has 0 saturated heterocycles. The quantitative estimate of drug-likeness (QED) is 0.723. The van der Waals surface area contributed by atoms with E-state index < -0.39 is 11.8 Å². The van der Waals surface area contributed by atoms with E-state index in [1.807, 2.05) is 0 Å². The lowest BCUT2D eigenvalue weighted by atomic mass is 10.1. The lowest BCUT2D eigenvalue weighted by Gasteiger charge is -2.18. The molecule has 2 aromatic carbocycles. The molecular formula is C17H15N3O4S. The van der Waals surface area contributed by atoms with Crippen molar-refractivity contribution in [3.63, 3.8) is 0 Å². The summed E-state index contributed by atoms with van der Waals surface area (Å²) in [5, 5.41) is 5.40. The molecule has 7 nitrogen and oxygen atoms in total. The minimum Gasteiger partial charge on any atom is -0.486 e. The third kappa shape index (κ3) is 3.86. The van der Waals surface area contributed by atoms with E-state index in [1.165, 1.54) is 0 Å². The largest absolute Gasteiger partial charge is 0.486 e. The molecule has 1 aliphatic heterocycles. The molecule has 0 aliphatic carbocycles. The van der Waals surface area contributed by atoms with Gasteiger partial charge < -0.3 is 20.5 Å². The second-order valence-electron chi connectivity index (χ2n) is 5.18. The minimum absolute atomic E-state index is 0.0496. The van der Waals surface area contributed by atoms with Gasteiger partial charge in [-0.2, -0.15) is 0 Å². The van der Waals surface area contributed by atoms with Crippen LogP contribution in [0.1, 0.15) is 20.7 Å². The van der Waals surface area contributed by atoms with Crippen LogP contribution in [0.15, 0.2) is 42.5 Å². The van der Waals surface area contributed by atoms with E-state index in [0.29, 0.717) is 36.0 Å². The number of thiocarbonyl (C=S) groups is 1. The lowest BCUT2D eigenvalue weighted by Crippen LogP contribution is -2.34. The number of para-hydroxylation sites is 1. The number of fused-ring (bicyclic) bond motifs is 1. The number of rotatable bonds is 3. The molecule has 2 amide bonds. The Morgan fingerprint density at radius 2 is 1.76 bits per heavy atom. The fourth-order valence-electron chi connectivity index (χ4n) is 2.32. The zero-order valence-electron chi connectivity index (χ0n) is 13.1. The summed E-state index contributed by atoms with van der Waals surface area (Å²) in [4.78, 5) is 23.7. The second-order valence-corrected chi connectivity index (χ2v) is 5.58. The molecule has 0 radical (unpaired) electrons. The third-order valence-electron chi connectivity index (χ3n) is 3.47. The highest BCUT2D eigenvalue weighted by Crippen LogP contribution is 2.30. The van der Waals surface area contributed by atoms with Gasteiger partial charge in [0.15, 0.2) is 16.6 Å². The van der Waals surface area contributed by atoms with Crippen LogP contribution in [0.4, 0.5) is 5.69 Å². The average Bonchev–Trinajstić information content (AvgIpc) is 2.61. The smallest absolute Gasteiger partial charge is 0.257 e. The molecule has 0 fully saturated rings. The van der Waals surface area contributed by atoms with Crippen molar-refractivity contribution in [2.45, 2.75) is 0 Å². The minimum atomic E-state index is -0.593. The molecule has 8 heteroatoms. The number of hydrogen-bond donors (Lipinski definition) is 3. The zero-order valence-corrected chi connectivity index (χ0v) is 13.9. The van der Waals surface area contributed by atoms with Crippen molar-refractivity contribution in [2.24, 2.45) is 5.73 Å². The normalized spacial score (nSPS) is 12.2. The number of nitrogens with two attached hydrogens (primary N) is 1. The number of anilines is 1. The molecule has 0 unspecified atom stereocenters. The Morgan fingerprint density at radius 1 is 1.04 bits per heavy atom. The highest BCUT2D eigenvalue weighted by atomic mass is 32.1. The summed E-state index contributed by atoms with van der Waals surface area (Å²) in [5.41, 5.74) is 6.38. The van der Waals surface area contributed by atoms with Gasteiger partial charge >= 0.3 is 0 Å². The Morgan fingerprint density at radius 3 is 2.52 bits per heavy atom. The molecule has 1 aliphatic rings. The van der Waals surface area contributed by atoms with Gasteiger partial charge in [-0.3, -0.25) is 14.9 Å². The number of primary amides is 1. The number of amides is 2. The fraction of sp³-hybridized carbons (Fsp3) is 0.118. The van der Waals surface area contributed by atoms with Crippen LogP contribution >= 0.6 is 12.2 Å². The SMILES string of the molecule is NC(=O)c1ccccc1NC(=S)NC(=O)c1ccc2c(c1)OCCO2. The van der Waals surface area contributed by atoms with Gasteiger partial charge in [-0.1, -0.05) is 12.1 Å². The maximum Gasteiger partial charge on any atom is 0.257 e. The Kier molecular flexibility index (Phi) is 4.80. The van der Waals surface area contributed by atoms with E-state index in [9.17, 15) is 9.59 Å². The van der Waals surface area contributed by atoms with Crippen LogP contribution in [-0.2, 0) is 0 Å². The fourth-order valence-corrected chi connectivity index (χ4v) is 2.52. The van der Waals surface area contributed by atoms with Gasteiger partial charge in [0.05, 0.1) is 11.3 Å². The first kappa shape index (κ1) is 16.7. The first-order valence-electron chi connectivity index (χ1n) is 7.45. The maximum atomic E-state index is 12.3. The summed E-state index contributed by atoms with van der Waals surface area (Å²) in [6.45, 7) is 0.910. The van der Waals surface area contributed by atoms with Crippen LogP contribution in [0.25, 0.3) is 0 Å². The number of benzene rings is 2. The number of ether oxygens (including phenoxy) is 2. The summed E-state index contributed by atoms with van der Waals surface area (Å²) in [6, 6.07) is 11.5. The number of carbonyl (C=O) groups is 2. The molecular weight excluding hydrogens is 342 g/mol. The molecule has 25 heavy (non-hydrogen) atoms. The van der Waals surface area contributed by atoms with Gasteiger partial charge in [0.25, 0.3) is 11.8 Å². The summed E-state index contributed by atoms with van der Waals surface area (Å²) in [6.07, 6.45) is 0. The summed E-state index contributed by atoms with van der Waals surface area (Å²) in [7, 11) is 0. The molecule has 2 aromatic rings. The van der Waals surface area contributed by atoms with Gasteiger partial charge in [-0.15, -0.1) is 0 Å². The van der Waals surface area contributed by atoms with Gasteiger partial charge in [0.1, 0.15) is 13.2 Å². The molecule has 0 atom stereocenters. The van der Waals surface area contributed by atoms with Gasteiger partial charge in [-0.05, 0) is 42.5 Å². The van der Waals surface area contributed by atoms with Gasteiger partial charge in [0, 0.05) is 5.56 Å². The van der Waals surface area contributed by atoms with E-state index in [1.54, 1.807) is 42.5 Å². The van der Waals surface area contributed by atoms with E-state index in [2.05, 4.69) is 10.6 Å². The Balaban J connectivity index is 1.69. The van der Waals surface area contributed by atoms with Crippen LogP contribution < -0.4 is 25.8 Å². The first-order valence-corrected chi connectivity index (χ1v) is 7.86.